The predicted octanol–water partition coefficient (Wildman–Crippen LogP) is 4.03. The number of anilines is 1. The van der Waals surface area contributed by atoms with Gasteiger partial charge in [-0.1, -0.05) is 41.9 Å². The second-order valence-corrected chi connectivity index (χ2v) is 7.73. The Kier molecular flexibility index (Phi) is 4.97. The summed E-state index contributed by atoms with van der Waals surface area (Å²) in [7, 11) is 0. The lowest BCUT2D eigenvalue weighted by Gasteiger charge is -2.22. The first-order valence-corrected chi connectivity index (χ1v) is 9.57. The Balaban J connectivity index is 1.44. The molecule has 1 aromatic carbocycles. The van der Waals surface area contributed by atoms with Gasteiger partial charge in [-0.3, -0.25) is 9.59 Å². The van der Waals surface area contributed by atoms with E-state index >= 15 is 0 Å². The number of amides is 1. The summed E-state index contributed by atoms with van der Waals surface area (Å²) in [6.45, 7) is 1.74. The van der Waals surface area contributed by atoms with Gasteiger partial charge in [-0.15, -0.1) is 0 Å². The number of rotatable bonds is 6. The van der Waals surface area contributed by atoms with Gasteiger partial charge in [0.05, 0.1) is 0 Å². The van der Waals surface area contributed by atoms with Gasteiger partial charge in [-0.05, 0) is 43.9 Å². The second-order valence-electron chi connectivity index (χ2n) is 7.73. The van der Waals surface area contributed by atoms with Crippen LogP contribution in [0, 0.1) is 24.7 Å². The number of fused-ring (bicyclic) bond motifs is 2. The van der Waals surface area contributed by atoms with Gasteiger partial charge >= 0.3 is 5.97 Å². The summed E-state index contributed by atoms with van der Waals surface area (Å²) in [6, 6.07) is 10.7. The normalized spacial score (nSPS) is 24.6. The van der Waals surface area contributed by atoms with Crippen molar-refractivity contribution in [1.82, 2.24) is 5.16 Å². The minimum atomic E-state index is -1.01. The zero-order valence-corrected chi connectivity index (χ0v) is 15.4. The number of carbonyl (C=O) groups excluding carboxylic acids is 2. The quantitative estimate of drug-likeness (QED) is 0.779. The molecule has 1 aromatic heterocycles. The highest BCUT2D eigenvalue weighted by Crippen LogP contribution is 2.49. The molecular weight excluding hydrogens is 344 g/mol. The number of hydrogen-bond donors (Lipinski definition) is 1. The molecule has 6 nitrogen and oxygen atoms in total. The molecular formula is C21H24N2O4. The molecule has 1 heterocycles. The van der Waals surface area contributed by atoms with Gasteiger partial charge in [0.25, 0.3) is 5.91 Å². The number of aromatic nitrogens is 1. The lowest BCUT2D eigenvalue weighted by atomic mass is 9.86. The molecule has 4 atom stereocenters. The molecule has 0 aliphatic heterocycles. The molecule has 0 spiro atoms. The van der Waals surface area contributed by atoms with E-state index in [1.165, 1.54) is 19.3 Å². The molecule has 2 aliphatic rings. The van der Waals surface area contributed by atoms with E-state index in [0.717, 1.165) is 12.3 Å². The lowest BCUT2D eigenvalue weighted by Crippen LogP contribution is -2.27. The molecule has 2 fully saturated rings. The number of benzene rings is 1. The Morgan fingerprint density at radius 1 is 1.26 bits per heavy atom. The SMILES string of the molecule is Cc1cc(NC(=O)C(OC(=O)CC2CC3CCC2C3)c2ccccc2)no1. The molecule has 0 saturated heterocycles. The third kappa shape index (κ3) is 4.04. The van der Waals surface area contributed by atoms with Crippen molar-refractivity contribution in [2.75, 3.05) is 5.32 Å². The van der Waals surface area contributed by atoms with Crippen molar-refractivity contribution in [3.63, 3.8) is 0 Å². The van der Waals surface area contributed by atoms with E-state index in [0.29, 0.717) is 35.4 Å². The first kappa shape index (κ1) is 17.8. The predicted molar refractivity (Wildman–Crippen MR) is 98.7 cm³/mol. The third-order valence-corrected chi connectivity index (χ3v) is 5.78. The third-order valence-electron chi connectivity index (χ3n) is 5.78. The zero-order valence-electron chi connectivity index (χ0n) is 15.4. The van der Waals surface area contributed by atoms with E-state index < -0.39 is 12.0 Å². The van der Waals surface area contributed by atoms with Gasteiger partial charge in [0.15, 0.2) is 5.82 Å². The summed E-state index contributed by atoms with van der Waals surface area (Å²) in [5.74, 6) is 1.97. The van der Waals surface area contributed by atoms with Crippen molar-refractivity contribution < 1.29 is 18.8 Å². The summed E-state index contributed by atoms with van der Waals surface area (Å²) >= 11 is 0. The Labute approximate surface area is 158 Å². The van der Waals surface area contributed by atoms with E-state index in [1.54, 1.807) is 25.1 Å². The standard InChI is InChI=1S/C21H24N2O4/c1-13-9-18(23-27-13)22-21(25)20(15-5-3-2-4-6-15)26-19(24)12-17-11-14-7-8-16(17)10-14/h2-6,9,14,16-17,20H,7-8,10-12H2,1H3,(H,22,23,25). The summed E-state index contributed by atoms with van der Waals surface area (Å²) in [5.41, 5.74) is 0.636. The molecule has 2 bridgehead atoms. The van der Waals surface area contributed by atoms with Crippen LogP contribution in [0.1, 0.15) is 49.5 Å². The number of nitrogens with zero attached hydrogens (tertiary/aromatic N) is 1. The van der Waals surface area contributed by atoms with Crippen LogP contribution in [0.4, 0.5) is 5.82 Å². The van der Waals surface area contributed by atoms with Gasteiger partial charge < -0.3 is 14.6 Å². The first-order valence-electron chi connectivity index (χ1n) is 9.57. The molecule has 27 heavy (non-hydrogen) atoms. The summed E-state index contributed by atoms with van der Waals surface area (Å²) in [5, 5.41) is 6.44. The van der Waals surface area contributed by atoms with E-state index in [4.69, 9.17) is 9.26 Å². The molecule has 1 amide bonds. The summed E-state index contributed by atoms with van der Waals surface area (Å²) in [4.78, 5) is 25.3. The Morgan fingerprint density at radius 2 is 2.07 bits per heavy atom. The minimum absolute atomic E-state index is 0.308. The van der Waals surface area contributed by atoms with Gasteiger partial charge in [0, 0.05) is 18.1 Å². The van der Waals surface area contributed by atoms with Gasteiger partial charge in [0.2, 0.25) is 6.10 Å². The molecule has 1 N–H and O–H groups in total. The van der Waals surface area contributed by atoms with Crippen LogP contribution in [0.15, 0.2) is 40.9 Å². The Hall–Kier alpha value is -2.63. The topological polar surface area (TPSA) is 81.4 Å². The van der Waals surface area contributed by atoms with Crippen LogP contribution in [-0.4, -0.2) is 17.0 Å². The van der Waals surface area contributed by atoms with E-state index in [2.05, 4.69) is 10.5 Å². The van der Waals surface area contributed by atoms with Crippen LogP contribution in [-0.2, 0) is 14.3 Å². The summed E-state index contributed by atoms with van der Waals surface area (Å²) in [6.07, 6.45) is 4.25. The van der Waals surface area contributed by atoms with E-state index in [-0.39, 0.29) is 5.97 Å². The maximum atomic E-state index is 12.8. The molecule has 4 unspecified atom stereocenters. The van der Waals surface area contributed by atoms with Crippen LogP contribution < -0.4 is 5.32 Å². The van der Waals surface area contributed by atoms with Crippen LogP contribution in [0.5, 0.6) is 0 Å². The van der Waals surface area contributed by atoms with Crippen LogP contribution >= 0.6 is 0 Å². The number of ether oxygens (including phenoxy) is 1. The fraction of sp³-hybridized carbons (Fsp3) is 0.476. The van der Waals surface area contributed by atoms with Crippen LogP contribution in [0.2, 0.25) is 0 Å². The number of hydrogen-bond acceptors (Lipinski definition) is 5. The van der Waals surface area contributed by atoms with Crippen molar-refractivity contribution in [1.29, 1.82) is 0 Å². The van der Waals surface area contributed by atoms with Crippen LogP contribution in [0.3, 0.4) is 0 Å². The summed E-state index contributed by atoms with van der Waals surface area (Å²) < 4.78 is 10.6. The van der Waals surface area contributed by atoms with Crippen molar-refractivity contribution >= 4 is 17.7 Å². The minimum Gasteiger partial charge on any atom is -0.447 e. The van der Waals surface area contributed by atoms with Crippen molar-refractivity contribution in [3.05, 3.63) is 47.7 Å². The lowest BCUT2D eigenvalue weighted by molar-refractivity contribution is -0.156. The monoisotopic (exact) mass is 368 g/mol. The van der Waals surface area contributed by atoms with E-state index in [9.17, 15) is 9.59 Å². The second kappa shape index (κ2) is 7.55. The highest BCUT2D eigenvalue weighted by Gasteiger charge is 2.41. The fourth-order valence-corrected chi connectivity index (χ4v) is 4.54. The zero-order chi connectivity index (χ0) is 18.8. The van der Waals surface area contributed by atoms with Crippen molar-refractivity contribution in [2.45, 2.75) is 45.1 Å². The van der Waals surface area contributed by atoms with E-state index in [1.807, 2.05) is 18.2 Å². The number of aryl methyl sites for hydroxylation is 1. The molecule has 2 aromatic rings. The maximum Gasteiger partial charge on any atom is 0.307 e. The van der Waals surface area contributed by atoms with Gasteiger partial charge in [0.1, 0.15) is 5.76 Å². The Morgan fingerprint density at radius 3 is 2.70 bits per heavy atom. The average Bonchev–Trinajstić information content (AvgIpc) is 3.38. The molecule has 2 aliphatic carbocycles. The maximum absolute atomic E-state index is 12.8. The molecule has 0 radical (unpaired) electrons. The first-order chi connectivity index (χ1) is 13.1. The fourth-order valence-electron chi connectivity index (χ4n) is 4.54. The van der Waals surface area contributed by atoms with Crippen molar-refractivity contribution in [3.8, 4) is 0 Å². The van der Waals surface area contributed by atoms with Gasteiger partial charge in [-0.2, -0.15) is 0 Å². The molecule has 4 rings (SSSR count). The van der Waals surface area contributed by atoms with Crippen LogP contribution in [0.25, 0.3) is 0 Å². The molecule has 6 heteroatoms. The molecule has 2 saturated carbocycles. The largest absolute Gasteiger partial charge is 0.447 e. The number of carbonyl (C=O) groups is 2. The molecule has 142 valence electrons. The Bertz CT molecular complexity index is 817. The highest BCUT2D eigenvalue weighted by molar-refractivity contribution is 5.95. The smallest absolute Gasteiger partial charge is 0.307 e. The average molecular weight is 368 g/mol. The van der Waals surface area contributed by atoms with Gasteiger partial charge in [-0.25, -0.2) is 0 Å². The number of nitrogens with one attached hydrogen (secondary N) is 1. The number of esters is 1. The highest BCUT2D eigenvalue weighted by atomic mass is 16.5. The van der Waals surface area contributed by atoms with Crippen molar-refractivity contribution in [2.24, 2.45) is 17.8 Å².